The van der Waals surface area contributed by atoms with Crippen LogP contribution in [0.5, 0.6) is 0 Å². The quantitative estimate of drug-likeness (QED) is 0.600. The Morgan fingerprint density at radius 1 is 1.04 bits per heavy atom. The van der Waals surface area contributed by atoms with Crippen molar-refractivity contribution in [1.29, 1.82) is 0 Å². The van der Waals surface area contributed by atoms with Crippen LogP contribution in [0.1, 0.15) is 36.6 Å². The highest BCUT2D eigenvalue weighted by molar-refractivity contribution is 14.1. The first-order valence-corrected chi connectivity index (χ1v) is 8.00. The number of anilines is 1. The van der Waals surface area contributed by atoms with Crippen LogP contribution in [0.15, 0.2) is 36.4 Å². The molecule has 116 valence electrons. The summed E-state index contributed by atoms with van der Waals surface area (Å²) in [6, 6.07) is 10.3. The predicted molar refractivity (Wildman–Crippen MR) is 94.7 cm³/mol. The molecule has 1 aliphatic heterocycles. The fourth-order valence-corrected chi connectivity index (χ4v) is 3.11. The molecule has 0 radical (unpaired) electrons. The first-order chi connectivity index (χ1) is 10.9. The van der Waals surface area contributed by atoms with Crippen molar-refractivity contribution < 1.29 is 14.4 Å². The molecule has 0 unspecified atom stereocenters. The number of carbonyl (C=O) groups excluding carboxylic acids is 3. The van der Waals surface area contributed by atoms with E-state index in [4.69, 9.17) is 0 Å². The Hall–Kier alpha value is -2.22. The van der Waals surface area contributed by atoms with E-state index < -0.39 is 0 Å². The van der Waals surface area contributed by atoms with E-state index in [1.54, 1.807) is 6.07 Å². The molecule has 5 nitrogen and oxygen atoms in total. The standard InChI is InChI=1S/C17H13IN2O3/c1-9-7-11(18)4-6-14(9)19-15(21)10-3-5-12-13(8-10)17(23)20(2)16(12)22/h3-8H,1-2H3,(H,19,21). The molecule has 0 aliphatic carbocycles. The topological polar surface area (TPSA) is 66.5 Å². The van der Waals surface area contributed by atoms with E-state index in [1.165, 1.54) is 19.2 Å². The Balaban J connectivity index is 1.90. The van der Waals surface area contributed by atoms with Crippen LogP contribution in [0.25, 0.3) is 0 Å². The number of benzene rings is 2. The van der Waals surface area contributed by atoms with Crippen LogP contribution in [0.2, 0.25) is 0 Å². The van der Waals surface area contributed by atoms with Crippen molar-refractivity contribution in [3.63, 3.8) is 0 Å². The fourth-order valence-electron chi connectivity index (χ4n) is 2.46. The van der Waals surface area contributed by atoms with Crippen LogP contribution >= 0.6 is 22.6 Å². The highest BCUT2D eigenvalue weighted by Crippen LogP contribution is 2.24. The molecule has 2 aromatic carbocycles. The third-order valence-corrected chi connectivity index (χ3v) is 4.46. The summed E-state index contributed by atoms with van der Waals surface area (Å²) in [7, 11) is 1.43. The Labute approximate surface area is 146 Å². The van der Waals surface area contributed by atoms with Crippen LogP contribution in [0.3, 0.4) is 0 Å². The van der Waals surface area contributed by atoms with Crippen molar-refractivity contribution in [3.8, 4) is 0 Å². The number of hydrogen-bond acceptors (Lipinski definition) is 3. The molecule has 0 aromatic heterocycles. The maximum Gasteiger partial charge on any atom is 0.261 e. The van der Waals surface area contributed by atoms with E-state index in [1.807, 2.05) is 25.1 Å². The van der Waals surface area contributed by atoms with Gasteiger partial charge in [-0.3, -0.25) is 19.3 Å². The van der Waals surface area contributed by atoms with Crippen molar-refractivity contribution in [1.82, 2.24) is 4.90 Å². The normalized spacial score (nSPS) is 13.3. The second kappa shape index (κ2) is 5.77. The number of nitrogens with one attached hydrogen (secondary N) is 1. The van der Waals surface area contributed by atoms with Gasteiger partial charge in [0.05, 0.1) is 11.1 Å². The van der Waals surface area contributed by atoms with Crippen molar-refractivity contribution in [2.24, 2.45) is 0 Å². The third kappa shape index (κ3) is 2.74. The fraction of sp³-hybridized carbons (Fsp3) is 0.118. The molecule has 0 spiro atoms. The number of rotatable bonds is 2. The first kappa shape index (κ1) is 15.7. The minimum Gasteiger partial charge on any atom is -0.322 e. The number of hydrogen-bond donors (Lipinski definition) is 1. The minimum absolute atomic E-state index is 0.268. The minimum atomic E-state index is -0.384. The number of imide groups is 1. The van der Waals surface area contributed by atoms with Crippen molar-refractivity contribution >= 4 is 46.0 Å². The number of amides is 3. The summed E-state index contributed by atoms with van der Waals surface area (Å²) < 4.78 is 1.09. The van der Waals surface area contributed by atoms with Gasteiger partial charge in [-0.25, -0.2) is 0 Å². The SMILES string of the molecule is Cc1cc(I)ccc1NC(=O)c1ccc2c(c1)C(=O)N(C)C2=O. The lowest BCUT2D eigenvalue weighted by Gasteiger charge is -2.09. The average molecular weight is 420 g/mol. The van der Waals surface area contributed by atoms with E-state index in [0.717, 1.165) is 19.7 Å². The van der Waals surface area contributed by atoms with E-state index in [2.05, 4.69) is 27.9 Å². The first-order valence-electron chi connectivity index (χ1n) is 6.92. The molecule has 2 aromatic rings. The smallest absolute Gasteiger partial charge is 0.261 e. The van der Waals surface area contributed by atoms with Gasteiger partial charge in [-0.15, -0.1) is 0 Å². The summed E-state index contributed by atoms with van der Waals surface area (Å²) in [6.07, 6.45) is 0. The summed E-state index contributed by atoms with van der Waals surface area (Å²) >= 11 is 2.21. The Morgan fingerprint density at radius 2 is 1.74 bits per heavy atom. The second-order valence-corrected chi connectivity index (χ2v) is 6.59. The van der Waals surface area contributed by atoms with E-state index >= 15 is 0 Å². The number of aryl methyl sites for hydroxylation is 1. The lowest BCUT2D eigenvalue weighted by molar-refractivity contribution is 0.0693. The van der Waals surface area contributed by atoms with Gasteiger partial charge in [0.1, 0.15) is 0 Å². The monoisotopic (exact) mass is 420 g/mol. The van der Waals surface area contributed by atoms with Crippen LogP contribution in [-0.4, -0.2) is 29.7 Å². The van der Waals surface area contributed by atoms with Crippen LogP contribution in [0, 0.1) is 10.5 Å². The molecule has 1 heterocycles. The lowest BCUT2D eigenvalue weighted by Crippen LogP contribution is -2.24. The van der Waals surface area contributed by atoms with Crippen LogP contribution in [-0.2, 0) is 0 Å². The molecular weight excluding hydrogens is 407 g/mol. The zero-order valence-corrected chi connectivity index (χ0v) is 14.7. The summed E-state index contributed by atoms with van der Waals surface area (Å²) in [6.45, 7) is 1.91. The molecule has 0 bridgehead atoms. The summed E-state index contributed by atoms with van der Waals surface area (Å²) in [5.41, 5.74) is 2.62. The number of fused-ring (bicyclic) bond motifs is 1. The zero-order valence-electron chi connectivity index (χ0n) is 12.5. The van der Waals surface area contributed by atoms with Gasteiger partial charge < -0.3 is 5.32 Å². The van der Waals surface area contributed by atoms with Gasteiger partial charge in [-0.2, -0.15) is 0 Å². The Kier molecular flexibility index (Phi) is 3.93. The van der Waals surface area contributed by atoms with Gasteiger partial charge in [-0.1, -0.05) is 0 Å². The van der Waals surface area contributed by atoms with Crippen LogP contribution < -0.4 is 5.32 Å². The highest BCUT2D eigenvalue weighted by atomic mass is 127. The molecule has 1 aliphatic rings. The van der Waals surface area contributed by atoms with Gasteiger partial charge in [0.25, 0.3) is 17.7 Å². The van der Waals surface area contributed by atoms with Crippen molar-refractivity contribution in [2.75, 3.05) is 12.4 Å². The number of nitrogens with zero attached hydrogens (tertiary/aromatic N) is 1. The van der Waals surface area contributed by atoms with Gasteiger partial charge in [-0.05, 0) is 71.5 Å². The molecule has 0 fully saturated rings. The third-order valence-electron chi connectivity index (χ3n) is 3.79. The average Bonchev–Trinajstić information content (AvgIpc) is 2.74. The second-order valence-electron chi connectivity index (χ2n) is 5.34. The summed E-state index contributed by atoms with van der Waals surface area (Å²) in [5.74, 6) is -1.04. The molecule has 3 rings (SSSR count). The Morgan fingerprint density at radius 3 is 2.43 bits per heavy atom. The van der Waals surface area contributed by atoms with Gasteiger partial charge in [0.15, 0.2) is 0 Å². The summed E-state index contributed by atoms with van der Waals surface area (Å²) in [4.78, 5) is 37.3. The summed E-state index contributed by atoms with van der Waals surface area (Å²) in [5, 5.41) is 2.83. The van der Waals surface area contributed by atoms with Gasteiger partial charge in [0.2, 0.25) is 0 Å². The maximum absolute atomic E-state index is 12.4. The molecule has 23 heavy (non-hydrogen) atoms. The van der Waals surface area contributed by atoms with E-state index in [0.29, 0.717) is 11.1 Å². The molecule has 1 N–H and O–H groups in total. The molecular formula is C17H13IN2O3. The molecule has 0 saturated heterocycles. The van der Waals surface area contributed by atoms with E-state index in [-0.39, 0.29) is 23.3 Å². The molecule has 0 atom stereocenters. The van der Waals surface area contributed by atoms with Crippen molar-refractivity contribution in [2.45, 2.75) is 6.92 Å². The molecule has 3 amide bonds. The van der Waals surface area contributed by atoms with Gasteiger partial charge >= 0.3 is 0 Å². The zero-order chi connectivity index (χ0) is 16.7. The Bertz CT molecular complexity index is 861. The largest absolute Gasteiger partial charge is 0.322 e. The van der Waals surface area contributed by atoms with E-state index in [9.17, 15) is 14.4 Å². The predicted octanol–water partition coefficient (Wildman–Crippen LogP) is 3.08. The molecule has 6 heteroatoms. The van der Waals surface area contributed by atoms with Crippen LogP contribution in [0.4, 0.5) is 5.69 Å². The number of carbonyl (C=O) groups is 3. The van der Waals surface area contributed by atoms with Crippen molar-refractivity contribution in [3.05, 3.63) is 62.2 Å². The highest BCUT2D eigenvalue weighted by Gasteiger charge is 2.33. The molecule has 0 saturated carbocycles. The lowest BCUT2D eigenvalue weighted by atomic mass is 10.0. The maximum atomic E-state index is 12.4. The number of halogens is 1. The van der Waals surface area contributed by atoms with Gasteiger partial charge in [0, 0.05) is 21.9 Å².